The van der Waals surface area contributed by atoms with Crippen molar-refractivity contribution in [2.45, 2.75) is 24.3 Å². The predicted octanol–water partition coefficient (Wildman–Crippen LogP) is 2.57. The predicted molar refractivity (Wildman–Crippen MR) is 82.4 cm³/mol. The smallest absolute Gasteiger partial charge is 0.244 e. The Bertz CT molecular complexity index is 577. The van der Waals surface area contributed by atoms with E-state index in [9.17, 15) is 8.42 Å². The highest BCUT2D eigenvalue weighted by Crippen LogP contribution is 2.30. The van der Waals surface area contributed by atoms with Crippen molar-refractivity contribution in [2.75, 3.05) is 13.1 Å². The molecule has 1 aromatic rings. The second-order valence-electron chi connectivity index (χ2n) is 4.87. The average molecular weight is 412 g/mol. The number of nitrogens with two attached hydrogens (primary N) is 1. The molecule has 19 heavy (non-hydrogen) atoms. The van der Waals surface area contributed by atoms with E-state index in [2.05, 4.69) is 31.9 Å². The Morgan fingerprint density at radius 3 is 2.68 bits per heavy atom. The first-order valence-corrected chi connectivity index (χ1v) is 9.06. The number of hydrogen-bond donors (Lipinski definition) is 1. The molecule has 1 heterocycles. The lowest BCUT2D eigenvalue weighted by Crippen LogP contribution is -2.48. The topological polar surface area (TPSA) is 63.4 Å². The maximum atomic E-state index is 12.6. The number of piperidine rings is 1. The van der Waals surface area contributed by atoms with Gasteiger partial charge in [0.2, 0.25) is 10.0 Å². The molecule has 0 aliphatic carbocycles. The van der Waals surface area contributed by atoms with Crippen LogP contribution in [0.15, 0.2) is 32.0 Å². The number of hydrogen-bond acceptors (Lipinski definition) is 3. The van der Waals surface area contributed by atoms with E-state index < -0.39 is 10.0 Å². The van der Waals surface area contributed by atoms with Gasteiger partial charge in [0.15, 0.2) is 0 Å². The molecule has 0 saturated carbocycles. The van der Waals surface area contributed by atoms with Gasteiger partial charge in [0, 0.05) is 28.1 Å². The third-order valence-electron chi connectivity index (χ3n) is 3.45. The Morgan fingerprint density at radius 2 is 2.05 bits per heavy atom. The quantitative estimate of drug-likeness (QED) is 0.813. The van der Waals surface area contributed by atoms with Gasteiger partial charge in [-0.1, -0.05) is 22.9 Å². The van der Waals surface area contributed by atoms with Crippen LogP contribution in [0.3, 0.4) is 0 Å². The zero-order valence-corrected chi connectivity index (χ0v) is 14.5. The molecule has 106 valence electrons. The minimum absolute atomic E-state index is 0.0809. The van der Waals surface area contributed by atoms with Gasteiger partial charge in [0.25, 0.3) is 0 Å². The molecular weight excluding hydrogens is 396 g/mol. The summed E-state index contributed by atoms with van der Waals surface area (Å²) in [5, 5.41) is 0. The van der Waals surface area contributed by atoms with E-state index in [1.807, 2.05) is 6.92 Å². The van der Waals surface area contributed by atoms with Gasteiger partial charge < -0.3 is 5.73 Å². The van der Waals surface area contributed by atoms with Crippen molar-refractivity contribution in [3.63, 3.8) is 0 Å². The van der Waals surface area contributed by atoms with Crippen molar-refractivity contribution in [1.29, 1.82) is 0 Å². The Morgan fingerprint density at radius 1 is 1.37 bits per heavy atom. The second kappa shape index (κ2) is 5.81. The van der Waals surface area contributed by atoms with Crippen LogP contribution in [0.25, 0.3) is 0 Å². The van der Waals surface area contributed by atoms with Gasteiger partial charge in [-0.15, -0.1) is 0 Å². The van der Waals surface area contributed by atoms with Crippen LogP contribution in [-0.4, -0.2) is 31.9 Å². The zero-order chi connectivity index (χ0) is 14.2. The standard InChI is InChI=1S/C12H16Br2N2O2S/c1-8-7-16(5-4-11(8)15)19(17,18)12-6-9(13)2-3-10(12)14/h2-3,6,8,11H,4-5,7,15H2,1H3. The third-order valence-corrected chi connectivity index (χ3v) is 6.80. The van der Waals surface area contributed by atoms with Gasteiger partial charge in [-0.2, -0.15) is 4.31 Å². The molecule has 1 aliphatic rings. The third kappa shape index (κ3) is 3.21. The molecule has 0 radical (unpaired) electrons. The number of nitrogens with zero attached hydrogens (tertiary/aromatic N) is 1. The Kier molecular flexibility index (Phi) is 4.72. The number of benzene rings is 1. The van der Waals surface area contributed by atoms with E-state index in [1.165, 1.54) is 4.31 Å². The minimum Gasteiger partial charge on any atom is -0.327 e. The summed E-state index contributed by atoms with van der Waals surface area (Å²) in [5.74, 6) is 0.175. The molecule has 0 bridgehead atoms. The van der Waals surface area contributed by atoms with Crippen molar-refractivity contribution >= 4 is 41.9 Å². The molecule has 2 rings (SSSR count). The van der Waals surface area contributed by atoms with Crippen LogP contribution in [0, 0.1) is 5.92 Å². The van der Waals surface area contributed by atoms with Crippen LogP contribution in [0.1, 0.15) is 13.3 Å². The number of rotatable bonds is 2. The Hall–Kier alpha value is 0.0500. The van der Waals surface area contributed by atoms with Crippen LogP contribution >= 0.6 is 31.9 Å². The lowest BCUT2D eigenvalue weighted by molar-refractivity contribution is 0.250. The van der Waals surface area contributed by atoms with Crippen LogP contribution < -0.4 is 5.73 Å². The summed E-state index contributed by atoms with van der Waals surface area (Å²) in [5.41, 5.74) is 5.94. The van der Waals surface area contributed by atoms with Gasteiger partial charge >= 0.3 is 0 Å². The minimum atomic E-state index is -3.47. The normalized spacial score (nSPS) is 25.5. The first-order valence-electron chi connectivity index (χ1n) is 6.03. The molecule has 0 aromatic heterocycles. The molecule has 2 unspecified atom stereocenters. The fourth-order valence-corrected chi connectivity index (χ4v) is 5.18. The van der Waals surface area contributed by atoms with Crippen LogP contribution in [0.2, 0.25) is 0 Å². The molecule has 2 atom stereocenters. The largest absolute Gasteiger partial charge is 0.327 e. The maximum absolute atomic E-state index is 12.6. The summed E-state index contributed by atoms with van der Waals surface area (Å²) < 4.78 is 28.1. The molecule has 1 aromatic carbocycles. The molecule has 1 fully saturated rings. The highest BCUT2D eigenvalue weighted by molar-refractivity contribution is 9.11. The average Bonchev–Trinajstić information content (AvgIpc) is 2.35. The van der Waals surface area contributed by atoms with Gasteiger partial charge in [-0.3, -0.25) is 0 Å². The number of sulfonamides is 1. The van der Waals surface area contributed by atoms with E-state index in [-0.39, 0.29) is 12.0 Å². The van der Waals surface area contributed by atoms with Crippen molar-refractivity contribution in [3.05, 3.63) is 27.1 Å². The Balaban J connectivity index is 2.35. The number of halogens is 2. The monoisotopic (exact) mass is 410 g/mol. The fourth-order valence-electron chi connectivity index (χ4n) is 2.16. The first kappa shape index (κ1) is 15.4. The maximum Gasteiger partial charge on any atom is 0.244 e. The molecule has 4 nitrogen and oxygen atoms in total. The summed E-state index contributed by atoms with van der Waals surface area (Å²) >= 11 is 6.62. The van der Waals surface area contributed by atoms with Crippen LogP contribution in [0.4, 0.5) is 0 Å². The van der Waals surface area contributed by atoms with Gasteiger partial charge in [0.05, 0.1) is 4.90 Å². The van der Waals surface area contributed by atoms with Crippen molar-refractivity contribution in [2.24, 2.45) is 11.7 Å². The molecule has 0 amide bonds. The summed E-state index contributed by atoms with van der Waals surface area (Å²) in [6, 6.07) is 5.24. The van der Waals surface area contributed by atoms with E-state index in [4.69, 9.17) is 5.73 Å². The summed E-state index contributed by atoms with van der Waals surface area (Å²) in [6.45, 7) is 2.94. The van der Waals surface area contributed by atoms with Gasteiger partial charge in [0.1, 0.15) is 0 Å². The lowest BCUT2D eigenvalue weighted by Gasteiger charge is -2.34. The summed E-state index contributed by atoms with van der Waals surface area (Å²) in [7, 11) is -3.47. The molecule has 1 saturated heterocycles. The van der Waals surface area contributed by atoms with Crippen molar-refractivity contribution in [1.82, 2.24) is 4.31 Å². The van der Waals surface area contributed by atoms with Crippen LogP contribution in [0.5, 0.6) is 0 Å². The first-order chi connectivity index (χ1) is 8.82. The molecule has 0 spiro atoms. The summed E-state index contributed by atoms with van der Waals surface area (Å²) in [4.78, 5) is 0.296. The molecular formula is C12H16Br2N2O2S. The zero-order valence-electron chi connectivity index (χ0n) is 10.5. The second-order valence-corrected chi connectivity index (χ2v) is 8.54. The van der Waals surface area contributed by atoms with E-state index in [1.54, 1.807) is 18.2 Å². The van der Waals surface area contributed by atoms with Crippen molar-refractivity contribution < 1.29 is 8.42 Å². The molecule has 2 N–H and O–H groups in total. The summed E-state index contributed by atoms with van der Waals surface area (Å²) in [6.07, 6.45) is 0.700. The fraction of sp³-hybridized carbons (Fsp3) is 0.500. The van der Waals surface area contributed by atoms with Crippen molar-refractivity contribution in [3.8, 4) is 0 Å². The van der Waals surface area contributed by atoms with E-state index in [0.717, 1.165) is 4.47 Å². The highest BCUT2D eigenvalue weighted by atomic mass is 79.9. The highest BCUT2D eigenvalue weighted by Gasteiger charge is 2.33. The van der Waals surface area contributed by atoms with Gasteiger partial charge in [-0.05, 0) is 46.5 Å². The van der Waals surface area contributed by atoms with E-state index >= 15 is 0 Å². The SMILES string of the molecule is CC1CN(S(=O)(=O)c2cc(Br)ccc2Br)CCC1N. The van der Waals surface area contributed by atoms with E-state index in [0.29, 0.717) is 28.9 Å². The molecule has 7 heteroatoms. The Labute approximate surface area is 130 Å². The van der Waals surface area contributed by atoms with Crippen LogP contribution in [-0.2, 0) is 10.0 Å². The van der Waals surface area contributed by atoms with Gasteiger partial charge in [-0.25, -0.2) is 8.42 Å². The lowest BCUT2D eigenvalue weighted by atomic mass is 9.96. The molecule has 1 aliphatic heterocycles.